The second-order valence-corrected chi connectivity index (χ2v) is 5.49. The van der Waals surface area contributed by atoms with Crippen molar-refractivity contribution < 1.29 is 9.21 Å². The largest absolute Gasteiger partial charge is 0.466 e. The number of hydrogen-bond donors (Lipinski definition) is 2. The van der Waals surface area contributed by atoms with E-state index in [-0.39, 0.29) is 11.9 Å². The summed E-state index contributed by atoms with van der Waals surface area (Å²) in [6, 6.07) is 2.25. The van der Waals surface area contributed by atoms with E-state index in [1.54, 1.807) is 0 Å². The highest BCUT2D eigenvalue weighted by molar-refractivity contribution is 5.76. The minimum atomic E-state index is 0.105. The van der Waals surface area contributed by atoms with Crippen LogP contribution in [0.2, 0.25) is 0 Å². The second kappa shape index (κ2) is 7.34. The number of nitrogens with one attached hydrogen (secondary N) is 2. The highest BCUT2D eigenvalue weighted by Gasteiger charge is 2.12. The summed E-state index contributed by atoms with van der Waals surface area (Å²) in [6.07, 6.45) is 0.507. The van der Waals surface area contributed by atoms with Crippen LogP contribution in [0.1, 0.15) is 50.3 Å². The summed E-state index contributed by atoms with van der Waals surface area (Å²) < 4.78 is 5.51. The average Bonchev–Trinajstić information content (AvgIpc) is 2.65. The number of furan rings is 1. The summed E-state index contributed by atoms with van der Waals surface area (Å²) in [5.41, 5.74) is 1.17. The molecule has 1 aromatic rings. The van der Waals surface area contributed by atoms with Gasteiger partial charge in [0, 0.05) is 31.1 Å². The normalized spacial score (nSPS) is 12.7. The number of rotatable bonds is 7. The molecule has 1 rings (SSSR count). The summed E-state index contributed by atoms with van der Waals surface area (Å²) in [5, 5.41) is 6.26. The fourth-order valence-corrected chi connectivity index (χ4v) is 2.00. The predicted octanol–water partition coefficient (Wildman–Crippen LogP) is 2.71. The van der Waals surface area contributed by atoms with E-state index in [2.05, 4.69) is 31.4 Å². The fourth-order valence-electron chi connectivity index (χ4n) is 2.00. The molecule has 0 aromatic carbocycles. The molecule has 1 amide bonds. The monoisotopic (exact) mass is 266 g/mol. The molecule has 0 saturated carbocycles. The summed E-state index contributed by atoms with van der Waals surface area (Å²) in [7, 11) is 0. The van der Waals surface area contributed by atoms with Gasteiger partial charge >= 0.3 is 0 Å². The zero-order valence-electron chi connectivity index (χ0n) is 12.7. The molecular formula is C15H26N2O2. The maximum absolute atomic E-state index is 11.6. The summed E-state index contributed by atoms with van der Waals surface area (Å²) in [6.45, 7) is 11.6. The van der Waals surface area contributed by atoms with Crippen molar-refractivity contribution in [2.45, 2.75) is 47.1 Å². The molecule has 2 N–H and O–H groups in total. The first-order valence-electron chi connectivity index (χ1n) is 6.97. The number of amides is 1. The molecule has 1 atom stereocenters. The van der Waals surface area contributed by atoms with Gasteiger partial charge in [-0.15, -0.1) is 0 Å². The Morgan fingerprint density at radius 1 is 1.32 bits per heavy atom. The molecule has 4 nitrogen and oxygen atoms in total. The van der Waals surface area contributed by atoms with E-state index >= 15 is 0 Å². The second-order valence-electron chi connectivity index (χ2n) is 5.49. The lowest BCUT2D eigenvalue weighted by Crippen LogP contribution is -2.31. The van der Waals surface area contributed by atoms with Crippen LogP contribution in [-0.4, -0.2) is 19.0 Å². The van der Waals surface area contributed by atoms with Gasteiger partial charge in [0.25, 0.3) is 0 Å². The molecule has 4 heteroatoms. The van der Waals surface area contributed by atoms with Gasteiger partial charge in [0.15, 0.2) is 0 Å². The molecule has 1 heterocycles. The topological polar surface area (TPSA) is 54.3 Å². The lowest BCUT2D eigenvalue weighted by atomic mass is 10.1. The van der Waals surface area contributed by atoms with E-state index < -0.39 is 0 Å². The van der Waals surface area contributed by atoms with E-state index in [1.807, 2.05) is 19.9 Å². The molecular weight excluding hydrogens is 240 g/mol. The Bertz CT molecular complexity index is 410. The standard InChI is InChI=1S/C15H26N2O2/c1-10(2)9-17-15(18)6-7-16-12(4)14-8-11(3)19-13(14)5/h8,10,12,16H,6-7,9H2,1-5H3,(H,17,18). The SMILES string of the molecule is Cc1cc(C(C)NCCC(=O)NCC(C)C)c(C)o1. The van der Waals surface area contributed by atoms with Gasteiger partial charge in [0.1, 0.15) is 11.5 Å². The fraction of sp³-hybridized carbons (Fsp3) is 0.667. The third-order valence-electron chi connectivity index (χ3n) is 3.06. The highest BCUT2D eigenvalue weighted by atomic mass is 16.3. The van der Waals surface area contributed by atoms with Crippen LogP contribution in [0.3, 0.4) is 0 Å². The molecule has 19 heavy (non-hydrogen) atoms. The van der Waals surface area contributed by atoms with Crippen molar-refractivity contribution in [3.63, 3.8) is 0 Å². The van der Waals surface area contributed by atoms with Crippen LogP contribution in [-0.2, 0) is 4.79 Å². The van der Waals surface area contributed by atoms with E-state index in [0.29, 0.717) is 18.9 Å². The van der Waals surface area contributed by atoms with Crippen molar-refractivity contribution in [1.82, 2.24) is 10.6 Å². The van der Waals surface area contributed by atoms with Crippen molar-refractivity contribution in [3.05, 3.63) is 23.2 Å². The minimum Gasteiger partial charge on any atom is -0.466 e. The zero-order valence-corrected chi connectivity index (χ0v) is 12.7. The van der Waals surface area contributed by atoms with Crippen molar-refractivity contribution in [3.8, 4) is 0 Å². The maximum atomic E-state index is 11.6. The van der Waals surface area contributed by atoms with Crippen LogP contribution in [0.5, 0.6) is 0 Å². The van der Waals surface area contributed by atoms with Crippen molar-refractivity contribution in [1.29, 1.82) is 0 Å². The maximum Gasteiger partial charge on any atom is 0.221 e. The first-order valence-corrected chi connectivity index (χ1v) is 6.97. The van der Waals surface area contributed by atoms with Crippen molar-refractivity contribution in [2.75, 3.05) is 13.1 Å². The van der Waals surface area contributed by atoms with Gasteiger partial charge in [0.2, 0.25) is 5.91 Å². The lowest BCUT2D eigenvalue weighted by molar-refractivity contribution is -0.121. The quantitative estimate of drug-likeness (QED) is 0.798. The van der Waals surface area contributed by atoms with Crippen LogP contribution >= 0.6 is 0 Å². The van der Waals surface area contributed by atoms with E-state index in [4.69, 9.17) is 4.42 Å². The predicted molar refractivity (Wildman–Crippen MR) is 77.1 cm³/mol. The smallest absolute Gasteiger partial charge is 0.221 e. The van der Waals surface area contributed by atoms with Crippen LogP contribution < -0.4 is 10.6 Å². The number of aryl methyl sites for hydroxylation is 2. The molecule has 0 aliphatic rings. The molecule has 0 spiro atoms. The van der Waals surface area contributed by atoms with Gasteiger partial charge in [0.05, 0.1) is 0 Å². The zero-order chi connectivity index (χ0) is 14.4. The lowest BCUT2D eigenvalue weighted by Gasteiger charge is -2.13. The van der Waals surface area contributed by atoms with Gasteiger partial charge in [-0.2, -0.15) is 0 Å². The number of carbonyl (C=O) groups is 1. The molecule has 0 saturated heterocycles. The summed E-state index contributed by atoms with van der Waals surface area (Å²) >= 11 is 0. The number of carbonyl (C=O) groups excluding carboxylic acids is 1. The molecule has 1 aromatic heterocycles. The Hall–Kier alpha value is -1.29. The Labute approximate surface area is 116 Å². The van der Waals surface area contributed by atoms with Crippen LogP contribution in [0.25, 0.3) is 0 Å². The van der Waals surface area contributed by atoms with Crippen LogP contribution in [0.15, 0.2) is 10.5 Å². The van der Waals surface area contributed by atoms with Gasteiger partial charge in [-0.3, -0.25) is 4.79 Å². The Morgan fingerprint density at radius 3 is 2.53 bits per heavy atom. The molecule has 0 aliphatic carbocycles. The Morgan fingerprint density at radius 2 is 2.00 bits per heavy atom. The molecule has 0 fully saturated rings. The van der Waals surface area contributed by atoms with Gasteiger partial charge in [-0.05, 0) is 32.8 Å². The van der Waals surface area contributed by atoms with E-state index in [1.165, 1.54) is 5.56 Å². The van der Waals surface area contributed by atoms with E-state index in [9.17, 15) is 4.79 Å². The Kier molecular flexibility index (Phi) is 6.09. The molecule has 0 aliphatic heterocycles. The average molecular weight is 266 g/mol. The molecule has 108 valence electrons. The first kappa shape index (κ1) is 15.8. The van der Waals surface area contributed by atoms with Crippen LogP contribution in [0, 0.1) is 19.8 Å². The minimum absolute atomic E-state index is 0.105. The summed E-state index contributed by atoms with van der Waals surface area (Å²) in [4.78, 5) is 11.6. The highest BCUT2D eigenvalue weighted by Crippen LogP contribution is 2.20. The third kappa shape index (κ3) is 5.47. The molecule has 0 bridgehead atoms. The summed E-state index contributed by atoms with van der Waals surface area (Å²) in [5.74, 6) is 2.47. The van der Waals surface area contributed by atoms with Crippen LogP contribution in [0.4, 0.5) is 0 Å². The first-order chi connectivity index (χ1) is 8.90. The van der Waals surface area contributed by atoms with E-state index in [0.717, 1.165) is 18.1 Å². The van der Waals surface area contributed by atoms with Gasteiger partial charge in [-0.1, -0.05) is 13.8 Å². The molecule has 0 radical (unpaired) electrons. The Balaban J connectivity index is 2.29. The third-order valence-corrected chi connectivity index (χ3v) is 3.06. The van der Waals surface area contributed by atoms with Gasteiger partial charge < -0.3 is 15.1 Å². The van der Waals surface area contributed by atoms with Crippen molar-refractivity contribution in [2.24, 2.45) is 5.92 Å². The van der Waals surface area contributed by atoms with Gasteiger partial charge in [-0.25, -0.2) is 0 Å². The molecule has 1 unspecified atom stereocenters. The van der Waals surface area contributed by atoms with Crippen molar-refractivity contribution >= 4 is 5.91 Å². The number of hydrogen-bond acceptors (Lipinski definition) is 3.